The molecule has 1 rings (SSSR count). The highest BCUT2D eigenvalue weighted by atomic mass is 16.3. The van der Waals surface area contributed by atoms with E-state index < -0.39 is 5.54 Å². The van der Waals surface area contributed by atoms with Gasteiger partial charge in [-0.05, 0) is 24.3 Å². The number of benzene rings is 1. The van der Waals surface area contributed by atoms with Crippen LogP contribution in [-0.2, 0) is 10.3 Å². The van der Waals surface area contributed by atoms with E-state index in [1.54, 1.807) is 0 Å². The molecule has 0 aliphatic heterocycles. The number of nitrogens with one attached hydrogen (secondary N) is 1. The Balaban J connectivity index is 2.67. The maximum Gasteiger partial charge on any atom is 0.222 e. The van der Waals surface area contributed by atoms with Crippen LogP contribution in [0.2, 0.25) is 0 Å². The van der Waals surface area contributed by atoms with Gasteiger partial charge >= 0.3 is 0 Å². The lowest BCUT2D eigenvalue weighted by atomic mass is 9.87. The first-order valence-corrected chi connectivity index (χ1v) is 7.39. The molecule has 1 aromatic carbocycles. The van der Waals surface area contributed by atoms with Crippen molar-refractivity contribution in [3.05, 3.63) is 35.9 Å². The molecule has 21 heavy (non-hydrogen) atoms. The molecular weight excluding hydrogens is 264 g/mol. The first kappa shape index (κ1) is 17.7. The summed E-state index contributed by atoms with van der Waals surface area (Å²) in [5.41, 5.74) is 6.23. The van der Waals surface area contributed by atoms with Gasteiger partial charge in [-0.2, -0.15) is 0 Å². The van der Waals surface area contributed by atoms with E-state index in [1.807, 2.05) is 37.3 Å². The average Bonchev–Trinajstić information content (AvgIpc) is 2.37. The van der Waals surface area contributed by atoms with E-state index in [0.29, 0.717) is 0 Å². The zero-order valence-electron chi connectivity index (χ0n) is 13.5. The molecule has 0 aliphatic carbocycles. The summed E-state index contributed by atoms with van der Waals surface area (Å²) in [5.74, 6) is -0.132. The Kier molecular flexibility index (Phi) is 5.93. The Hall–Kier alpha value is -1.39. The van der Waals surface area contributed by atoms with Gasteiger partial charge in [0.15, 0.2) is 0 Å². The van der Waals surface area contributed by atoms with Crippen molar-refractivity contribution in [2.75, 3.05) is 6.61 Å². The van der Waals surface area contributed by atoms with Crippen molar-refractivity contribution in [2.45, 2.75) is 52.1 Å². The number of carbonyl (C=O) groups excluding carboxylic acids is 1. The minimum absolute atomic E-state index is 0.0966. The molecule has 2 atom stereocenters. The van der Waals surface area contributed by atoms with Crippen LogP contribution < -0.4 is 11.1 Å². The second kappa shape index (κ2) is 7.05. The van der Waals surface area contributed by atoms with Crippen LogP contribution in [0.25, 0.3) is 0 Å². The Bertz CT molecular complexity index is 454. The summed E-state index contributed by atoms with van der Waals surface area (Å²) in [6.07, 6.45) is 1.04. The van der Waals surface area contributed by atoms with Crippen molar-refractivity contribution in [3.63, 3.8) is 0 Å². The van der Waals surface area contributed by atoms with Crippen LogP contribution in [0.4, 0.5) is 0 Å². The maximum absolute atomic E-state index is 12.2. The van der Waals surface area contributed by atoms with Gasteiger partial charge in [0.2, 0.25) is 5.91 Å². The number of amides is 1. The Morgan fingerprint density at radius 2 is 1.81 bits per heavy atom. The van der Waals surface area contributed by atoms with E-state index in [0.717, 1.165) is 12.0 Å². The van der Waals surface area contributed by atoms with Crippen LogP contribution in [0, 0.1) is 5.41 Å². The highest BCUT2D eigenvalue weighted by molar-refractivity contribution is 5.77. The fraction of sp³-hybridized carbons (Fsp3) is 0.588. The average molecular weight is 292 g/mol. The molecule has 0 bridgehead atoms. The predicted molar refractivity (Wildman–Crippen MR) is 85.7 cm³/mol. The van der Waals surface area contributed by atoms with E-state index in [1.165, 1.54) is 0 Å². The predicted octanol–water partition coefficient (Wildman–Crippen LogP) is 2.16. The van der Waals surface area contributed by atoms with Gasteiger partial charge in [-0.15, -0.1) is 0 Å². The van der Waals surface area contributed by atoms with Gasteiger partial charge in [0.25, 0.3) is 0 Å². The number of aliphatic hydroxyl groups is 1. The summed E-state index contributed by atoms with van der Waals surface area (Å²) in [5, 5.41) is 12.6. The standard InChI is InChI=1S/C17H28N2O2/c1-16(2,3)11-14(18)10-15(21)19-17(4,12-20)13-8-6-5-7-9-13/h5-9,14,20H,10-12,18H2,1-4H3,(H,19,21). The molecule has 1 amide bonds. The van der Waals surface area contributed by atoms with Crippen molar-refractivity contribution < 1.29 is 9.90 Å². The SMILES string of the molecule is CC(C)(C)CC(N)CC(=O)NC(C)(CO)c1ccccc1. The monoisotopic (exact) mass is 292 g/mol. The lowest BCUT2D eigenvalue weighted by Gasteiger charge is -2.30. The van der Waals surface area contributed by atoms with Gasteiger partial charge in [-0.3, -0.25) is 4.79 Å². The van der Waals surface area contributed by atoms with Crippen LogP contribution in [0.1, 0.15) is 46.1 Å². The van der Waals surface area contributed by atoms with Gasteiger partial charge < -0.3 is 16.2 Å². The first-order valence-electron chi connectivity index (χ1n) is 7.39. The van der Waals surface area contributed by atoms with E-state index in [4.69, 9.17) is 5.73 Å². The molecule has 0 heterocycles. The Morgan fingerprint density at radius 1 is 1.24 bits per heavy atom. The van der Waals surface area contributed by atoms with Crippen molar-refractivity contribution in [1.82, 2.24) is 5.32 Å². The van der Waals surface area contributed by atoms with E-state index in [9.17, 15) is 9.90 Å². The molecule has 4 heteroatoms. The second-order valence-corrected chi connectivity index (χ2v) is 7.13. The van der Waals surface area contributed by atoms with Crippen LogP contribution in [0.5, 0.6) is 0 Å². The van der Waals surface area contributed by atoms with Crippen molar-refractivity contribution in [1.29, 1.82) is 0 Å². The molecule has 1 aromatic rings. The summed E-state index contributed by atoms with van der Waals surface area (Å²) in [6.45, 7) is 7.97. The van der Waals surface area contributed by atoms with Crippen LogP contribution in [0.3, 0.4) is 0 Å². The number of nitrogens with two attached hydrogens (primary N) is 1. The minimum atomic E-state index is -0.778. The molecule has 4 nitrogen and oxygen atoms in total. The molecule has 118 valence electrons. The summed E-state index contributed by atoms with van der Waals surface area (Å²) in [7, 11) is 0. The molecular formula is C17H28N2O2. The first-order chi connectivity index (χ1) is 9.66. The molecule has 0 spiro atoms. The van der Waals surface area contributed by atoms with E-state index >= 15 is 0 Å². The van der Waals surface area contributed by atoms with Crippen LogP contribution >= 0.6 is 0 Å². The molecule has 0 saturated carbocycles. The molecule has 0 aromatic heterocycles. The van der Waals surface area contributed by atoms with Crippen molar-refractivity contribution in [3.8, 4) is 0 Å². The van der Waals surface area contributed by atoms with Gasteiger partial charge in [-0.25, -0.2) is 0 Å². The van der Waals surface area contributed by atoms with Crippen LogP contribution in [0.15, 0.2) is 30.3 Å². The van der Waals surface area contributed by atoms with Crippen LogP contribution in [-0.4, -0.2) is 23.7 Å². The number of hydrogen-bond acceptors (Lipinski definition) is 3. The maximum atomic E-state index is 12.2. The lowest BCUT2D eigenvalue weighted by molar-refractivity contribution is -0.124. The molecule has 0 aliphatic rings. The zero-order chi connectivity index (χ0) is 16.1. The van der Waals surface area contributed by atoms with Crippen molar-refractivity contribution in [2.24, 2.45) is 11.1 Å². The minimum Gasteiger partial charge on any atom is -0.394 e. The van der Waals surface area contributed by atoms with Gasteiger partial charge in [0, 0.05) is 12.5 Å². The molecule has 2 unspecified atom stereocenters. The smallest absolute Gasteiger partial charge is 0.222 e. The normalized spacial score (nSPS) is 16.1. The molecule has 0 radical (unpaired) electrons. The zero-order valence-corrected chi connectivity index (χ0v) is 13.5. The quantitative estimate of drug-likeness (QED) is 0.752. The second-order valence-electron chi connectivity index (χ2n) is 7.13. The van der Waals surface area contributed by atoms with Gasteiger partial charge in [0.1, 0.15) is 0 Å². The summed E-state index contributed by atoms with van der Waals surface area (Å²) in [4.78, 5) is 12.2. The van der Waals surface area contributed by atoms with E-state index in [2.05, 4.69) is 26.1 Å². The number of rotatable bonds is 6. The van der Waals surface area contributed by atoms with Gasteiger partial charge in [-0.1, -0.05) is 51.1 Å². The Labute approximate surface area is 127 Å². The Morgan fingerprint density at radius 3 is 2.29 bits per heavy atom. The number of aliphatic hydroxyl groups excluding tert-OH is 1. The number of hydrogen-bond donors (Lipinski definition) is 3. The summed E-state index contributed by atoms with van der Waals surface area (Å²) in [6, 6.07) is 9.30. The third-order valence-corrected chi connectivity index (χ3v) is 3.46. The number of carbonyl (C=O) groups is 1. The van der Waals surface area contributed by atoms with Crippen molar-refractivity contribution >= 4 is 5.91 Å². The molecule has 0 fully saturated rings. The highest BCUT2D eigenvalue weighted by Gasteiger charge is 2.28. The lowest BCUT2D eigenvalue weighted by Crippen LogP contribution is -2.48. The highest BCUT2D eigenvalue weighted by Crippen LogP contribution is 2.22. The fourth-order valence-corrected chi connectivity index (χ4v) is 2.46. The molecule has 4 N–H and O–H groups in total. The third-order valence-electron chi connectivity index (χ3n) is 3.46. The largest absolute Gasteiger partial charge is 0.394 e. The van der Waals surface area contributed by atoms with E-state index in [-0.39, 0.29) is 30.4 Å². The third kappa shape index (κ3) is 5.86. The van der Waals surface area contributed by atoms with Gasteiger partial charge in [0.05, 0.1) is 12.1 Å². The summed E-state index contributed by atoms with van der Waals surface area (Å²) >= 11 is 0. The summed E-state index contributed by atoms with van der Waals surface area (Å²) < 4.78 is 0. The molecule has 0 saturated heterocycles. The fourth-order valence-electron chi connectivity index (χ4n) is 2.46. The topological polar surface area (TPSA) is 75.4 Å².